The van der Waals surface area contributed by atoms with E-state index in [0.717, 1.165) is 23.0 Å². The zero-order valence-corrected chi connectivity index (χ0v) is 35.2. The molecule has 0 N–H and O–H groups in total. The molecule has 2 unspecified atom stereocenters. The summed E-state index contributed by atoms with van der Waals surface area (Å²) in [5, 5.41) is 0. The average molecular weight is 815 g/mol. The Morgan fingerprint density at radius 1 is 0.528 bits per heavy atom. The molecule has 1 fully saturated rings. The first kappa shape index (κ1) is 37.6. The monoisotopic (exact) mass is 812 g/mol. The molecule has 2 heterocycles. The number of allylic oxidation sites excluding steroid dienone is 2. The van der Waals surface area contributed by atoms with Crippen molar-refractivity contribution in [3.8, 4) is 22.3 Å². The minimum absolute atomic E-state index is 0. The zero-order valence-electron chi connectivity index (χ0n) is 31.2. The molecule has 5 heteroatoms. The first-order valence-corrected chi connectivity index (χ1v) is 22.5. The second-order valence-corrected chi connectivity index (χ2v) is 21.7. The average Bonchev–Trinajstić information content (AvgIpc) is 3.90. The maximum atomic E-state index is 6.60. The Labute approximate surface area is 334 Å². The number of benzene rings is 4. The number of halogens is 2. The summed E-state index contributed by atoms with van der Waals surface area (Å²) in [6, 6.07) is 35.9. The molecule has 53 heavy (non-hydrogen) atoms. The Morgan fingerprint density at radius 3 is 1.28 bits per heavy atom. The van der Waals surface area contributed by atoms with Gasteiger partial charge < -0.3 is 24.8 Å². The third-order valence-electron chi connectivity index (χ3n) is 11.8. The van der Waals surface area contributed by atoms with Crippen LogP contribution in [-0.4, -0.2) is 3.21 Å². The number of fused-ring (bicyclic) bond motifs is 2. The Hall–Kier alpha value is -3.75. The molecule has 0 amide bonds. The van der Waals surface area contributed by atoms with E-state index in [-0.39, 0.29) is 24.8 Å². The summed E-state index contributed by atoms with van der Waals surface area (Å²) in [6.07, 6.45) is 8.83. The molecule has 0 bridgehead atoms. The second-order valence-electron chi connectivity index (χ2n) is 14.9. The van der Waals surface area contributed by atoms with E-state index in [9.17, 15) is 0 Å². The molecule has 0 spiro atoms. The summed E-state index contributed by atoms with van der Waals surface area (Å²) in [6.45, 7) is 13.4. The van der Waals surface area contributed by atoms with Gasteiger partial charge in [0, 0.05) is 0 Å². The number of rotatable bonds is 6. The quantitative estimate of drug-likeness (QED) is 0.183. The molecule has 0 radical (unpaired) electrons. The van der Waals surface area contributed by atoms with Gasteiger partial charge in [-0.3, -0.25) is 0 Å². The van der Waals surface area contributed by atoms with E-state index < -0.39 is 21.3 Å². The third-order valence-corrected chi connectivity index (χ3v) is 21.2. The summed E-state index contributed by atoms with van der Waals surface area (Å²) >= 11 is -2.78. The van der Waals surface area contributed by atoms with Gasteiger partial charge in [0.2, 0.25) is 0 Å². The van der Waals surface area contributed by atoms with Crippen LogP contribution in [0.4, 0.5) is 0 Å². The predicted octanol–water partition coefficient (Wildman–Crippen LogP) is 6.93. The van der Waals surface area contributed by atoms with Crippen LogP contribution in [0.25, 0.3) is 45.6 Å². The van der Waals surface area contributed by atoms with Gasteiger partial charge in [-0.15, -0.1) is 0 Å². The van der Waals surface area contributed by atoms with Crippen molar-refractivity contribution in [2.24, 2.45) is 0 Å². The van der Waals surface area contributed by atoms with Crippen molar-refractivity contribution >= 4 is 26.5 Å². The smallest absolute Gasteiger partial charge is 1.00 e. The first-order valence-electron chi connectivity index (χ1n) is 18.5. The maximum absolute atomic E-state index is 6.60. The van der Waals surface area contributed by atoms with E-state index in [1.165, 1.54) is 97.2 Å². The van der Waals surface area contributed by atoms with E-state index in [1.807, 2.05) is 3.21 Å². The third kappa shape index (κ3) is 6.28. The van der Waals surface area contributed by atoms with Crippen molar-refractivity contribution < 1.29 is 54.9 Å². The van der Waals surface area contributed by atoms with Crippen molar-refractivity contribution in [2.45, 2.75) is 68.1 Å². The fourth-order valence-electron chi connectivity index (χ4n) is 8.97. The molecule has 266 valence electrons. The molecule has 3 aliphatic rings. The number of aryl methyl sites for hydroxylation is 4. The van der Waals surface area contributed by atoms with Gasteiger partial charge in [-0.2, -0.15) is 0 Å². The number of hydrogen-bond acceptors (Lipinski definition) is 2. The topological polar surface area (TPSA) is 26.3 Å². The van der Waals surface area contributed by atoms with Gasteiger partial charge in [0.25, 0.3) is 0 Å². The minimum Gasteiger partial charge on any atom is -1.00 e. The van der Waals surface area contributed by atoms with E-state index in [2.05, 4.69) is 151 Å². The van der Waals surface area contributed by atoms with Crippen molar-refractivity contribution in [3.05, 3.63) is 165 Å². The molecule has 6 aromatic rings. The zero-order chi connectivity index (χ0) is 35.0. The van der Waals surface area contributed by atoms with Crippen LogP contribution in [0, 0.1) is 41.5 Å². The standard InChI is InChI=1S/2C22H19O.C4H6.2ClH.Zr/c2*1-14-11-18-12-19(21-10-9-15(2)23-21)13-20(18)22(16(14)3)17-7-5-4-6-8-17;1-2-4-3-1;;;/h2*4-13H,1-3H3;1-3H2;2*1H;/q;;;;;+2/p-2. The van der Waals surface area contributed by atoms with Crippen LogP contribution in [0.3, 0.4) is 0 Å². The van der Waals surface area contributed by atoms with Crippen LogP contribution in [-0.2, 0) is 21.3 Å². The van der Waals surface area contributed by atoms with Crippen LogP contribution in [0.2, 0.25) is 0 Å². The van der Waals surface area contributed by atoms with Crippen LogP contribution in [0.5, 0.6) is 0 Å². The van der Waals surface area contributed by atoms with Gasteiger partial charge in [0.15, 0.2) is 0 Å². The molecule has 2 nitrogen and oxygen atoms in total. The van der Waals surface area contributed by atoms with Gasteiger partial charge in [-0.05, 0) is 0 Å². The number of furan rings is 2. The molecule has 2 aromatic heterocycles. The van der Waals surface area contributed by atoms with E-state index >= 15 is 0 Å². The molecule has 1 saturated carbocycles. The van der Waals surface area contributed by atoms with Gasteiger partial charge in [0.05, 0.1) is 0 Å². The Bertz CT molecular complexity index is 2290. The summed E-state index contributed by atoms with van der Waals surface area (Å²) in [5.74, 6) is 4.00. The summed E-state index contributed by atoms with van der Waals surface area (Å²) in [5.41, 5.74) is 19.3. The number of hydrogen-bond donors (Lipinski definition) is 0. The largest absolute Gasteiger partial charge is 1.00 e. The van der Waals surface area contributed by atoms with Crippen LogP contribution in [0.1, 0.15) is 94.1 Å². The van der Waals surface area contributed by atoms with Crippen molar-refractivity contribution in [2.75, 3.05) is 0 Å². The van der Waals surface area contributed by atoms with Crippen LogP contribution in [0.15, 0.2) is 106 Å². The van der Waals surface area contributed by atoms with Crippen molar-refractivity contribution in [3.63, 3.8) is 0 Å². The van der Waals surface area contributed by atoms with Gasteiger partial charge in [-0.1, -0.05) is 0 Å². The first-order chi connectivity index (χ1) is 24.8. The summed E-state index contributed by atoms with van der Waals surface area (Å²) in [7, 11) is 0. The molecular formula is C48H44Cl2O2Zr. The fourth-order valence-corrected chi connectivity index (χ4v) is 19.7. The van der Waals surface area contributed by atoms with Gasteiger partial charge in [0.1, 0.15) is 0 Å². The van der Waals surface area contributed by atoms with Crippen LogP contribution >= 0.6 is 0 Å². The van der Waals surface area contributed by atoms with Crippen molar-refractivity contribution in [1.29, 1.82) is 0 Å². The summed E-state index contributed by atoms with van der Waals surface area (Å²) < 4.78 is 15.7. The van der Waals surface area contributed by atoms with E-state index in [0.29, 0.717) is 7.25 Å². The van der Waals surface area contributed by atoms with Crippen LogP contribution < -0.4 is 24.8 Å². The van der Waals surface area contributed by atoms with E-state index in [1.54, 1.807) is 0 Å². The molecule has 3 aliphatic carbocycles. The summed E-state index contributed by atoms with van der Waals surface area (Å²) in [4.78, 5) is 0. The maximum Gasteiger partial charge on any atom is -1.00 e. The fraction of sp³-hybridized carbons (Fsp3) is 0.229. The normalized spacial score (nSPS) is 16.7. The van der Waals surface area contributed by atoms with Gasteiger partial charge >= 0.3 is 312 Å². The Kier molecular flexibility index (Phi) is 10.5. The Morgan fingerprint density at radius 2 is 0.943 bits per heavy atom. The molecule has 9 rings (SSSR count). The van der Waals surface area contributed by atoms with E-state index in [4.69, 9.17) is 8.83 Å². The van der Waals surface area contributed by atoms with Gasteiger partial charge in [-0.25, -0.2) is 0 Å². The SMILES string of the molecule is Cc1ccc(C2=Cc3c(cc(C)c(C)c3-c3ccccc3)[CH]2[Zr+2](=[C]2CCC2)[CH]2C(c3ccc(C)o3)=Cc3c2cc(C)c(C)c3-c2ccccc2)o1.[Cl-].[Cl-]. The molecule has 0 saturated heterocycles. The predicted molar refractivity (Wildman–Crippen MR) is 210 cm³/mol. The minimum atomic E-state index is -2.78. The Balaban J connectivity index is 0.00000218. The molecular weight excluding hydrogens is 771 g/mol. The molecule has 0 aliphatic heterocycles. The van der Waals surface area contributed by atoms with Crippen molar-refractivity contribution in [1.82, 2.24) is 0 Å². The molecule has 4 aromatic carbocycles. The molecule has 2 atom stereocenters. The second kappa shape index (κ2) is 14.8.